The van der Waals surface area contributed by atoms with Crippen molar-refractivity contribution in [1.82, 2.24) is 0 Å². The number of furan rings is 1. The Morgan fingerprint density at radius 3 is 2.76 bits per heavy atom. The van der Waals surface area contributed by atoms with Gasteiger partial charge >= 0.3 is 5.97 Å². The van der Waals surface area contributed by atoms with Crippen molar-refractivity contribution in [3.8, 4) is 0 Å². The molecule has 0 bridgehead atoms. The second-order valence-corrected chi connectivity index (χ2v) is 5.45. The molecule has 0 spiro atoms. The zero-order valence-electron chi connectivity index (χ0n) is 8.94. The van der Waals surface area contributed by atoms with E-state index in [4.69, 9.17) is 9.52 Å². The number of aryl methyl sites for hydroxylation is 1. The molecule has 1 N–H and O–H groups in total. The highest BCUT2D eigenvalue weighted by Crippen LogP contribution is 2.33. The molecule has 0 unspecified atom stereocenters. The molecule has 2 aromatic rings. The number of hydrogen-bond donors (Lipinski definition) is 1. The smallest absolute Gasteiger partial charge is 0.335 e. The molecule has 0 amide bonds. The van der Waals surface area contributed by atoms with Gasteiger partial charge in [0.05, 0.1) is 16.7 Å². The van der Waals surface area contributed by atoms with Crippen LogP contribution in [0.5, 0.6) is 0 Å². The fourth-order valence-corrected chi connectivity index (χ4v) is 2.94. The van der Waals surface area contributed by atoms with E-state index in [0.29, 0.717) is 0 Å². The molecule has 0 aliphatic rings. The van der Waals surface area contributed by atoms with E-state index in [2.05, 4.69) is 15.9 Å². The van der Waals surface area contributed by atoms with Gasteiger partial charge in [-0.05, 0) is 31.2 Å². The van der Waals surface area contributed by atoms with E-state index in [1.54, 1.807) is 18.4 Å². The predicted octanol–water partition coefficient (Wildman–Crippen LogP) is 4.20. The molecule has 1 aromatic heterocycles. The van der Waals surface area contributed by atoms with Crippen molar-refractivity contribution in [2.24, 2.45) is 0 Å². The number of aromatic carboxylic acids is 1. The van der Waals surface area contributed by atoms with Crippen LogP contribution in [0, 0.1) is 6.92 Å². The van der Waals surface area contributed by atoms with Gasteiger partial charge in [-0.1, -0.05) is 27.7 Å². The molecule has 88 valence electrons. The van der Waals surface area contributed by atoms with Gasteiger partial charge in [0.1, 0.15) is 5.76 Å². The normalized spacial score (nSPS) is 10.5. The van der Waals surface area contributed by atoms with Gasteiger partial charge in [0.2, 0.25) is 0 Å². The van der Waals surface area contributed by atoms with Crippen molar-refractivity contribution in [2.45, 2.75) is 16.7 Å². The summed E-state index contributed by atoms with van der Waals surface area (Å²) in [6.45, 7) is 1.87. The van der Waals surface area contributed by atoms with Gasteiger partial charge in [-0.25, -0.2) is 4.79 Å². The lowest BCUT2D eigenvalue weighted by molar-refractivity contribution is 0.0696. The van der Waals surface area contributed by atoms with Crippen LogP contribution >= 0.6 is 27.7 Å². The van der Waals surface area contributed by atoms with Crippen molar-refractivity contribution in [2.75, 3.05) is 0 Å². The van der Waals surface area contributed by atoms with Crippen molar-refractivity contribution >= 4 is 33.7 Å². The number of carboxylic acids is 1. The fourth-order valence-electron chi connectivity index (χ4n) is 1.35. The van der Waals surface area contributed by atoms with Gasteiger partial charge in [0, 0.05) is 9.37 Å². The Balaban J connectivity index is 2.33. The molecule has 5 heteroatoms. The molecular weight excluding hydrogens is 304 g/mol. The lowest BCUT2D eigenvalue weighted by atomic mass is 10.2. The molecule has 17 heavy (non-hydrogen) atoms. The summed E-state index contributed by atoms with van der Waals surface area (Å²) >= 11 is 4.78. The first-order valence-corrected chi connectivity index (χ1v) is 6.43. The summed E-state index contributed by atoms with van der Waals surface area (Å²) in [5, 5.41) is 8.97. The summed E-state index contributed by atoms with van der Waals surface area (Å²) in [6.07, 6.45) is 1.62. The molecule has 0 atom stereocenters. The molecule has 0 aliphatic heterocycles. The first kappa shape index (κ1) is 12.3. The first-order chi connectivity index (χ1) is 8.06. The number of benzene rings is 1. The number of halogens is 1. The number of hydrogen-bond acceptors (Lipinski definition) is 3. The summed E-state index contributed by atoms with van der Waals surface area (Å²) in [7, 11) is 0. The Labute approximate surface area is 111 Å². The third-order valence-electron chi connectivity index (χ3n) is 2.16. The number of rotatable bonds is 3. The quantitative estimate of drug-likeness (QED) is 0.922. The van der Waals surface area contributed by atoms with Crippen molar-refractivity contribution < 1.29 is 14.3 Å². The molecule has 0 saturated carbocycles. The van der Waals surface area contributed by atoms with Crippen molar-refractivity contribution in [1.29, 1.82) is 0 Å². The standard InChI is InChI=1S/C12H9BrO3S/c1-7-11(2-3-16-7)17-10-5-8(12(14)15)4-9(13)6-10/h2-6H,1H3,(H,14,15). The molecule has 1 aromatic carbocycles. The highest BCUT2D eigenvalue weighted by molar-refractivity contribution is 9.10. The van der Waals surface area contributed by atoms with Crippen LogP contribution in [0.25, 0.3) is 0 Å². The Bertz CT molecular complexity index is 563. The molecule has 0 saturated heterocycles. The Morgan fingerprint density at radius 2 is 2.18 bits per heavy atom. The van der Waals surface area contributed by atoms with Gasteiger partial charge in [0.15, 0.2) is 0 Å². The molecular formula is C12H9BrO3S. The molecule has 3 nitrogen and oxygen atoms in total. The van der Waals surface area contributed by atoms with Crippen molar-refractivity contribution in [3.05, 3.63) is 46.3 Å². The third-order valence-corrected chi connectivity index (χ3v) is 3.73. The summed E-state index contributed by atoms with van der Waals surface area (Å²) in [5.41, 5.74) is 0.267. The van der Waals surface area contributed by atoms with E-state index in [9.17, 15) is 4.79 Å². The second kappa shape index (κ2) is 4.98. The van der Waals surface area contributed by atoms with Crippen LogP contribution in [0.3, 0.4) is 0 Å². The molecule has 0 radical (unpaired) electrons. The Kier molecular flexibility index (Phi) is 3.59. The highest BCUT2D eigenvalue weighted by atomic mass is 79.9. The van der Waals surface area contributed by atoms with E-state index in [-0.39, 0.29) is 5.56 Å². The van der Waals surface area contributed by atoms with Crippen LogP contribution in [-0.4, -0.2) is 11.1 Å². The topological polar surface area (TPSA) is 50.4 Å². The van der Waals surface area contributed by atoms with E-state index in [1.165, 1.54) is 11.8 Å². The number of carboxylic acid groups (broad SMARTS) is 1. The SMILES string of the molecule is Cc1occc1Sc1cc(Br)cc(C(=O)O)c1. The average Bonchev–Trinajstić information content (AvgIpc) is 2.63. The lowest BCUT2D eigenvalue weighted by Crippen LogP contribution is -1.96. The monoisotopic (exact) mass is 312 g/mol. The van der Waals surface area contributed by atoms with Crippen LogP contribution in [-0.2, 0) is 0 Å². The number of carbonyl (C=O) groups is 1. The van der Waals surface area contributed by atoms with E-state index < -0.39 is 5.97 Å². The van der Waals surface area contributed by atoms with Gasteiger partial charge in [-0.3, -0.25) is 0 Å². The van der Waals surface area contributed by atoms with Gasteiger partial charge < -0.3 is 9.52 Å². The van der Waals surface area contributed by atoms with Crippen LogP contribution in [0.15, 0.2) is 49.2 Å². The summed E-state index contributed by atoms with van der Waals surface area (Å²) < 4.78 is 5.95. The largest absolute Gasteiger partial charge is 0.478 e. The van der Waals surface area contributed by atoms with Gasteiger partial charge in [-0.15, -0.1) is 0 Å². The van der Waals surface area contributed by atoms with E-state index >= 15 is 0 Å². The predicted molar refractivity (Wildman–Crippen MR) is 68.7 cm³/mol. The van der Waals surface area contributed by atoms with Crippen LogP contribution < -0.4 is 0 Å². The average molecular weight is 313 g/mol. The molecule has 1 heterocycles. The zero-order valence-corrected chi connectivity index (χ0v) is 11.3. The minimum atomic E-state index is -0.933. The van der Waals surface area contributed by atoms with E-state index in [1.807, 2.05) is 19.1 Å². The summed E-state index contributed by atoms with van der Waals surface area (Å²) in [5.74, 6) is -0.107. The zero-order chi connectivity index (χ0) is 12.4. The molecule has 0 aliphatic carbocycles. The highest BCUT2D eigenvalue weighted by Gasteiger charge is 2.09. The third kappa shape index (κ3) is 2.92. The lowest BCUT2D eigenvalue weighted by Gasteiger charge is -2.03. The maximum absolute atomic E-state index is 10.9. The fraction of sp³-hybridized carbons (Fsp3) is 0.0833. The van der Waals surface area contributed by atoms with Gasteiger partial charge in [-0.2, -0.15) is 0 Å². The molecule has 0 fully saturated rings. The molecule has 2 rings (SSSR count). The maximum Gasteiger partial charge on any atom is 0.335 e. The van der Waals surface area contributed by atoms with Gasteiger partial charge in [0.25, 0.3) is 0 Å². The van der Waals surface area contributed by atoms with Crippen LogP contribution in [0.4, 0.5) is 0 Å². The van der Waals surface area contributed by atoms with Crippen LogP contribution in [0.2, 0.25) is 0 Å². The van der Waals surface area contributed by atoms with E-state index in [0.717, 1.165) is 20.0 Å². The first-order valence-electron chi connectivity index (χ1n) is 4.82. The minimum Gasteiger partial charge on any atom is -0.478 e. The van der Waals surface area contributed by atoms with Crippen LogP contribution in [0.1, 0.15) is 16.1 Å². The maximum atomic E-state index is 10.9. The second-order valence-electron chi connectivity index (χ2n) is 3.42. The summed E-state index contributed by atoms with van der Waals surface area (Å²) in [6, 6.07) is 6.96. The Hall–Kier alpha value is -1.20. The van der Waals surface area contributed by atoms with Crippen molar-refractivity contribution in [3.63, 3.8) is 0 Å². The Morgan fingerprint density at radius 1 is 1.41 bits per heavy atom. The minimum absolute atomic E-state index is 0.267. The summed E-state index contributed by atoms with van der Waals surface area (Å²) in [4.78, 5) is 12.8.